The van der Waals surface area contributed by atoms with Crippen molar-refractivity contribution in [1.82, 2.24) is 30.0 Å². The first-order valence-electron chi connectivity index (χ1n) is 8.33. The zero-order valence-corrected chi connectivity index (χ0v) is 13.9. The number of amides is 1. The van der Waals surface area contributed by atoms with Crippen LogP contribution in [0, 0.1) is 0 Å². The van der Waals surface area contributed by atoms with Gasteiger partial charge in [-0.2, -0.15) is 4.98 Å². The van der Waals surface area contributed by atoms with E-state index in [1.54, 1.807) is 10.9 Å². The Morgan fingerprint density at radius 1 is 1.32 bits per heavy atom. The quantitative estimate of drug-likeness (QED) is 0.722. The van der Waals surface area contributed by atoms with Crippen LogP contribution in [0.3, 0.4) is 0 Å². The molecule has 8 nitrogen and oxygen atoms in total. The normalized spacial score (nSPS) is 17.2. The summed E-state index contributed by atoms with van der Waals surface area (Å²) in [5.74, 6) is 1.07. The third kappa shape index (κ3) is 3.02. The minimum Gasteiger partial charge on any atom is -0.336 e. The van der Waals surface area contributed by atoms with Crippen LogP contribution in [-0.4, -0.2) is 49.0 Å². The van der Waals surface area contributed by atoms with Crippen molar-refractivity contribution < 1.29 is 9.32 Å². The highest BCUT2D eigenvalue weighted by Gasteiger charge is 2.29. The summed E-state index contributed by atoms with van der Waals surface area (Å²) in [5, 5.41) is 12.2. The Kier molecular flexibility index (Phi) is 4.01. The molecule has 1 aromatic carbocycles. The minimum absolute atomic E-state index is 0.0490. The number of carbonyl (C=O) groups excluding carboxylic acids is 1. The van der Waals surface area contributed by atoms with Gasteiger partial charge in [-0.15, -0.1) is 5.10 Å². The van der Waals surface area contributed by atoms with E-state index in [0.717, 1.165) is 6.42 Å². The third-order valence-corrected chi connectivity index (χ3v) is 4.36. The first-order chi connectivity index (χ1) is 12.2. The molecule has 8 heteroatoms. The molecule has 1 fully saturated rings. The second-order valence-corrected chi connectivity index (χ2v) is 6.01. The SMILES string of the molecule is CCc1noc(-c2cn(C3CCN(C(=O)c4ccccc4)C3)nn2)n1. The van der Waals surface area contributed by atoms with Gasteiger partial charge in [0.2, 0.25) is 0 Å². The summed E-state index contributed by atoms with van der Waals surface area (Å²) in [6.07, 6.45) is 3.34. The van der Waals surface area contributed by atoms with Crippen LogP contribution in [0.4, 0.5) is 0 Å². The summed E-state index contributed by atoms with van der Waals surface area (Å²) < 4.78 is 6.97. The van der Waals surface area contributed by atoms with Gasteiger partial charge in [0.25, 0.3) is 11.8 Å². The first kappa shape index (κ1) is 15.5. The van der Waals surface area contributed by atoms with Gasteiger partial charge >= 0.3 is 0 Å². The van der Waals surface area contributed by atoms with Crippen molar-refractivity contribution in [2.24, 2.45) is 0 Å². The van der Waals surface area contributed by atoms with Gasteiger partial charge in [-0.05, 0) is 18.6 Å². The number of hydrogen-bond donors (Lipinski definition) is 0. The highest BCUT2D eigenvalue weighted by atomic mass is 16.5. The van der Waals surface area contributed by atoms with E-state index in [1.807, 2.05) is 42.2 Å². The molecule has 128 valence electrons. The maximum absolute atomic E-state index is 12.5. The summed E-state index contributed by atoms with van der Waals surface area (Å²) in [6, 6.07) is 9.43. The minimum atomic E-state index is 0.0490. The molecule has 0 N–H and O–H groups in total. The molecule has 1 unspecified atom stereocenters. The Balaban J connectivity index is 1.46. The Hall–Kier alpha value is -3.03. The molecule has 1 atom stereocenters. The lowest BCUT2D eigenvalue weighted by Crippen LogP contribution is -2.29. The summed E-state index contributed by atoms with van der Waals surface area (Å²) in [5.41, 5.74) is 1.26. The Bertz CT molecular complexity index is 872. The zero-order chi connectivity index (χ0) is 17.2. The monoisotopic (exact) mass is 338 g/mol. The molecule has 3 aromatic rings. The van der Waals surface area contributed by atoms with Crippen molar-refractivity contribution in [3.63, 3.8) is 0 Å². The lowest BCUT2D eigenvalue weighted by molar-refractivity contribution is 0.0787. The van der Waals surface area contributed by atoms with Crippen LogP contribution in [0.15, 0.2) is 41.1 Å². The standard InChI is InChI=1S/C17H18N6O2/c1-2-15-18-16(25-20-15)14-11-23(21-19-14)13-8-9-22(10-13)17(24)12-6-4-3-5-7-12/h3-7,11,13H,2,8-10H2,1H3. The van der Waals surface area contributed by atoms with E-state index in [0.29, 0.717) is 42.5 Å². The molecule has 25 heavy (non-hydrogen) atoms. The fourth-order valence-electron chi connectivity index (χ4n) is 2.96. The highest BCUT2D eigenvalue weighted by molar-refractivity contribution is 5.94. The number of hydrogen-bond acceptors (Lipinski definition) is 6. The Labute approximate surface area is 144 Å². The largest absolute Gasteiger partial charge is 0.336 e. The van der Waals surface area contributed by atoms with Crippen LogP contribution < -0.4 is 0 Å². The molecule has 0 saturated carbocycles. The molecule has 1 amide bonds. The first-order valence-corrected chi connectivity index (χ1v) is 8.33. The molecular weight excluding hydrogens is 320 g/mol. The number of benzene rings is 1. The lowest BCUT2D eigenvalue weighted by Gasteiger charge is -2.16. The van der Waals surface area contributed by atoms with Gasteiger partial charge in [-0.3, -0.25) is 4.79 Å². The Morgan fingerprint density at radius 2 is 2.16 bits per heavy atom. The van der Waals surface area contributed by atoms with E-state index >= 15 is 0 Å². The number of aromatic nitrogens is 5. The van der Waals surface area contributed by atoms with Gasteiger partial charge in [-0.1, -0.05) is 35.5 Å². The molecule has 1 aliphatic heterocycles. The number of rotatable bonds is 4. The van der Waals surface area contributed by atoms with Crippen molar-refractivity contribution in [3.8, 4) is 11.6 Å². The van der Waals surface area contributed by atoms with E-state index in [9.17, 15) is 4.79 Å². The van der Waals surface area contributed by atoms with Crippen molar-refractivity contribution >= 4 is 5.91 Å². The smallest absolute Gasteiger partial charge is 0.280 e. The van der Waals surface area contributed by atoms with Gasteiger partial charge in [0.1, 0.15) is 0 Å². The molecule has 0 bridgehead atoms. The predicted octanol–water partition coefficient (Wildman–Crippen LogP) is 1.98. The average Bonchev–Trinajstić information content (AvgIpc) is 3.40. The van der Waals surface area contributed by atoms with Crippen molar-refractivity contribution in [1.29, 1.82) is 0 Å². The number of nitrogens with zero attached hydrogens (tertiary/aromatic N) is 6. The van der Waals surface area contributed by atoms with E-state index in [-0.39, 0.29) is 11.9 Å². The summed E-state index contributed by atoms with van der Waals surface area (Å²) in [6.45, 7) is 3.27. The van der Waals surface area contributed by atoms with Gasteiger partial charge < -0.3 is 9.42 Å². The fraction of sp³-hybridized carbons (Fsp3) is 0.353. The van der Waals surface area contributed by atoms with Crippen molar-refractivity contribution in [3.05, 3.63) is 47.9 Å². The van der Waals surface area contributed by atoms with Crippen LogP contribution in [0.25, 0.3) is 11.6 Å². The van der Waals surface area contributed by atoms with Crippen LogP contribution in [0.2, 0.25) is 0 Å². The van der Waals surface area contributed by atoms with E-state index in [2.05, 4.69) is 20.5 Å². The maximum Gasteiger partial charge on any atom is 0.280 e. The third-order valence-electron chi connectivity index (χ3n) is 4.36. The number of aryl methyl sites for hydroxylation is 1. The number of likely N-dealkylation sites (tertiary alicyclic amines) is 1. The molecular formula is C17H18N6O2. The molecule has 0 aliphatic carbocycles. The molecule has 0 radical (unpaired) electrons. The highest BCUT2D eigenvalue weighted by Crippen LogP contribution is 2.24. The second-order valence-electron chi connectivity index (χ2n) is 6.01. The molecule has 1 aliphatic rings. The van der Waals surface area contributed by atoms with Crippen LogP contribution >= 0.6 is 0 Å². The summed E-state index contributed by atoms with van der Waals surface area (Å²) in [4.78, 5) is 18.6. The van der Waals surface area contributed by atoms with Gasteiger partial charge in [-0.25, -0.2) is 4.68 Å². The summed E-state index contributed by atoms with van der Waals surface area (Å²) >= 11 is 0. The van der Waals surface area contributed by atoms with Crippen LogP contribution in [-0.2, 0) is 6.42 Å². The van der Waals surface area contributed by atoms with Crippen molar-refractivity contribution in [2.45, 2.75) is 25.8 Å². The van der Waals surface area contributed by atoms with E-state index in [4.69, 9.17) is 4.52 Å². The molecule has 4 rings (SSSR count). The summed E-state index contributed by atoms with van der Waals surface area (Å²) in [7, 11) is 0. The van der Waals surface area contributed by atoms with Gasteiger partial charge in [0.05, 0.1) is 12.2 Å². The van der Waals surface area contributed by atoms with Gasteiger partial charge in [0, 0.05) is 25.1 Å². The zero-order valence-electron chi connectivity index (χ0n) is 13.9. The predicted molar refractivity (Wildman–Crippen MR) is 88.7 cm³/mol. The van der Waals surface area contributed by atoms with Crippen LogP contribution in [0.5, 0.6) is 0 Å². The van der Waals surface area contributed by atoms with E-state index in [1.165, 1.54) is 0 Å². The molecule has 3 heterocycles. The topological polar surface area (TPSA) is 89.9 Å². The molecule has 0 spiro atoms. The number of carbonyl (C=O) groups is 1. The molecule has 2 aromatic heterocycles. The van der Waals surface area contributed by atoms with Crippen LogP contribution in [0.1, 0.15) is 35.6 Å². The average molecular weight is 338 g/mol. The van der Waals surface area contributed by atoms with Crippen molar-refractivity contribution in [2.75, 3.05) is 13.1 Å². The lowest BCUT2D eigenvalue weighted by atomic mass is 10.2. The van der Waals surface area contributed by atoms with E-state index < -0.39 is 0 Å². The Morgan fingerprint density at radius 3 is 2.92 bits per heavy atom. The second kappa shape index (κ2) is 6.46. The fourth-order valence-corrected chi connectivity index (χ4v) is 2.96. The molecule has 1 saturated heterocycles. The van der Waals surface area contributed by atoms with Gasteiger partial charge in [0.15, 0.2) is 11.5 Å². The maximum atomic E-state index is 12.5.